The predicted octanol–water partition coefficient (Wildman–Crippen LogP) is 3.54. The summed E-state index contributed by atoms with van der Waals surface area (Å²) in [7, 11) is 0. The Bertz CT molecular complexity index is 464. The van der Waals surface area contributed by atoms with Crippen molar-refractivity contribution in [3.05, 3.63) is 35.9 Å². The molecule has 2 rings (SSSR count). The molecule has 1 aromatic carbocycles. The van der Waals surface area contributed by atoms with Crippen LogP contribution >= 0.6 is 0 Å². The minimum absolute atomic E-state index is 0.203. The van der Waals surface area contributed by atoms with Crippen molar-refractivity contribution in [2.75, 3.05) is 19.6 Å². The molecule has 0 spiro atoms. The fourth-order valence-electron chi connectivity index (χ4n) is 3.29. The Morgan fingerprint density at radius 2 is 2.09 bits per heavy atom. The second kappa shape index (κ2) is 9.07. The molecule has 1 unspecified atom stereocenters. The summed E-state index contributed by atoms with van der Waals surface area (Å²) in [6, 6.07) is 10.5. The van der Waals surface area contributed by atoms with Gasteiger partial charge in [0.25, 0.3) is 0 Å². The Morgan fingerprint density at radius 3 is 2.78 bits per heavy atom. The molecule has 1 atom stereocenters. The first kappa shape index (κ1) is 18.0. The first-order valence-corrected chi connectivity index (χ1v) is 9.11. The molecule has 23 heavy (non-hydrogen) atoms. The van der Waals surface area contributed by atoms with Crippen molar-refractivity contribution in [3.8, 4) is 0 Å². The highest BCUT2D eigenvalue weighted by atomic mass is 16.2. The average Bonchev–Trinajstić information content (AvgIpc) is 2.56. The summed E-state index contributed by atoms with van der Waals surface area (Å²) in [5, 5.41) is 6.59. The molecule has 0 aliphatic carbocycles. The smallest absolute Gasteiger partial charge is 0.225 e. The van der Waals surface area contributed by atoms with E-state index in [1.54, 1.807) is 0 Å². The predicted molar refractivity (Wildman–Crippen MR) is 96.4 cm³/mol. The summed E-state index contributed by atoms with van der Waals surface area (Å²) in [5.74, 6) is 0.930. The highest BCUT2D eigenvalue weighted by Gasteiger charge is 2.26. The van der Waals surface area contributed by atoms with E-state index in [9.17, 15) is 4.79 Å². The number of hydrogen-bond donors (Lipinski definition) is 2. The lowest BCUT2D eigenvalue weighted by Crippen LogP contribution is -2.39. The molecule has 3 heteroatoms. The number of amides is 1. The van der Waals surface area contributed by atoms with Crippen LogP contribution in [0.3, 0.4) is 0 Å². The standard InChI is InChI=1S/C20H32N2O/c1-20(2,13-6-10-17-8-4-3-5-9-17)19(23)22-15-12-18-11-7-14-21-16-18/h3-5,8-9,18,21H,6-7,10-16H2,1-2H3,(H,22,23). The van der Waals surface area contributed by atoms with Crippen molar-refractivity contribution in [1.82, 2.24) is 10.6 Å². The molecule has 3 nitrogen and oxygen atoms in total. The number of benzene rings is 1. The van der Waals surface area contributed by atoms with Crippen LogP contribution in [0.15, 0.2) is 30.3 Å². The van der Waals surface area contributed by atoms with Crippen LogP contribution in [0, 0.1) is 11.3 Å². The number of nitrogens with one attached hydrogen (secondary N) is 2. The van der Waals surface area contributed by atoms with Crippen LogP contribution in [-0.2, 0) is 11.2 Å². The van der Waals surface area contributed by atoms with Crippen LogP contribution in [0.2, 0.25) is 0 Å². The molecule has 1 aliphatic heterocycles. The maximum Gasteiger partial charge on any atom is 0.225 e. The van der Waals surface area contributed by atoms with E-state index in [0.717, 1.165) is 51.2 Å². The van der Waals surface area contributed by atoms with E-state index in [1.807, 2.05) is 6.07 Å². The van der Waals surface area contributed by atoms with Crippen LogP contribution in [0.4, 0.5) is 0 Å². The third kappa shape index (κ3) is 6.34. The van der Waals surface area contributed by atoms with E-state index < -0.39 is 0 Å². The molecule has 1 aliphatic rings. The Morgan fingerprint density at radius 1 is 1.30 bits per heavy atom. The molecule has 0 bridgehead atoms. The molecule has 1 saturated heterocycles. The van der Waals surface area contributed by atoms with Gasteiger partial charge in [-0.25, -0.2) is 0 Å². The van der Waals surface area contributed by atoms with Crippen LogP contribution in [0.5, 0.6) is 0 Å². The van der Waals surface area contributed by atoms with Gasteiger partial charge < -0.3 is 10.6 Å². The van der Waals surface area contributed by atoms with Crippen molar-refractivity contribution >= 4 is 5.91 Å². The van der Waals surface area contributed by atoms with E-state index in [-0.39, 0.29) is 11.3 Å². The lowest BCUT2D eigenvalue weighted by molar-refractivity contribution is -0.129. The lowest BCUT2D eigenvalue weighted by Gasteiger charge is -2.26. The first-order valence-electron chi connectivity index (χ1n) is 9.11. The van der Waals surface area contributed by atoms with Gasteiger partial charge in [0.05, 0.1) is 0 Å². The van der Waals surface area contributed by atoms with Crippen molar-refractivity contribution < 1.29 is 4.79 Å². The number of hydrogen-bond acceptors (Lipinski definition) is 2. The van der Waals surface area contributed by atoms with Crippen LogP contribution < -0.4 is 10.6 Å². The summed E-state index contributed by atoms with van der Waals surface area (Å²) in [4.78, 5) is 12.4. The molecule has 0 aromatic heterocycles. The fourth-order valence-corrected chi connectivity index (χ4v) is 3.29. The van der Waals surface area contributed by atoms with Crippen molar-refractivity contribution in [2.45, 2.75) is 52.4 Å². The van der Waals surface area contributed by atoms with Gasteiger partial charge in [-0.1, -0.05) is 44.2 Å². The van der Waals surface area contributed by atoms with Gasteiger partial charge in [-0.2, -0.15) is 0 Å². The van der Waals surface area contributed by atoms with E-state index in [0.29, 0.717) is 0 Å². The zero-order valence-electron chi connectivity index (χ0n) is 14.7. The molecule has 0 radical (unpaired) electrons. The van der Waals surface area contributed by atoms with Gasteiger partial charge in [0.2, 0.25) is 5.91 Å². The van der Waals surface area contributed by atoms with E-state index in [2.05, 4.69) is 48.7 Å². The highest BCUT2D eigenvalue weighted by molar-refractivity contribution is 5.81. The molecule has 2 N–H and O–H groups in total. The van der Waals surface area contributed by atoms with Gasteiger partial charge in [0, 0.05) is 12.0 Å². The second-order valence-corrected chi connectivity index (χ2v) is 7.48. The summed E-state index contributed by atoms with van der Waals surface area (Å²) in [6.07, 6.45) is 6.69. The second-order valence-electron chi connectivity index (χ2n) is 7.48. The summed E-state index contributed by atoms with van der Waals surface area (Å²) >= 11 is 0. The Kier molecular flexibility index (Phi) is 7.10. The summed E-state index contributed by atoms with van der Waals surface area (Å²) in [6.45, 7) is 7.20. The normalized spacial score (nSPS) is 18.6. The number of carbonyl (C=O) groups is 1. The Hall–Kier alpha value is -1.35. The zero-order valence-corrected chi connectivity index (χ0v) is 14.7. The van der Waals surface area contributed by atoms with Crippen molar-refractivity contribution in [3.63, 3.8) is 0 Å². The van der Waals surface area contributed by atoms with Crippen LogP contribution in [0.1, 0.15) is 51.5 Å². The van der Waals surface area contributed by atoms with Gasteiger partial charge >= 0.3 is 0 Å². The Labute approximate surface area is 141 Å². The molecule has 128 valence electrons. The molecule has 1 amide bonds. The monoisotopic (exact) mass is 316 g/mol. The fraction of sp³-hybridized carbons (Fsp3) is 0.650. The van der Waals surface area contributed by atoms with E-state index in [4.69, 9.17) is 0 Å². The van der Waals surface area contributed by atoms with Gasteiger partial charge in [-0.15, -0.1) is 0 Å². The van der Waals surface area contributed by atoms with Crippen LogP contribution in [0.25, 0.3) is 0 Å². The van der Waals surface area contributed by atoms with Crippen LogP contribution in [-0.4, -0.2) is 25.5 Å². The molecule has 1 aromatic rings. The first-order chi connectivity index (χ1) is 11.1. The SMILES string of the molecule is CC(C)(CCCc1ccccc1)C(=O)NCCC1CCCNC1. The lowest BCUT2D eigenvalue weighted by atomic mass is 9.85. The number of carbonyl (C=O) groups excluding carboxylic acids is 1. The zero-order chi connectivity index (χ0) is 16.5. The van der Waals surface area contributed by atoms with Crippen molar-refractivity contribution in [1.29, 1.82) is 0 Å². The van der Waals surface area contributed by atoms with Crippen molar-refractivity contribution in [2.24, 2.45) is 11.3 Å². The Balaban J connectivity index is 1.65. The molecule has 1 fully saturated rings. The quantitative estimate of drug-likeness (QED) is 0.770. The maximum atomic E-state index is 12.4. The highest BCUT2D eigenvalue weighted by Crippen LogP contribution is 2.24. The summed E-state index contributed by atoms with van der Waals surface area (Å²) in [5.41, 5.74) is 1.08. The van der Waals surface area contributed by atoms with Gasteiger partial charge in [0.15, 0.2) is 0 Å². The molecular formula is C20H32N2O. The third-order valence-electron chi connectivity index (χ3n) is 4.96. The third-order valence-corrected chi connectivity index (χ3v) is 4.96. The van der Waals surface area contributed by atoms with Gasteiger partial charge in [-0.3, -0.25) is 4.79 Å². The largest absolute Gasteiger partial charge is 0.356 e. The number of piperidine rings is 1. The topological polar surface area (TPSA) is 41.1 Å². The number of rotatable bonds is 8. The number of aryl methyl sites for hydroxylation is 1. The maximum absolute atomic E-state index is 12.4. The summed E-state index contributed by atoms with van der Waals surface area (Å²) < 4.78 is 0. The molecular weight excluding hydrogens is 284 g/mol. The van der Waals surface area contributed by atoms with Gasteiger partial charge in [-0.05, 0) is 63.1 Å². The minimum atomic E-state index is -0.278. The van der Waals surface area contributed by atoms with E-state index >= 15 is 0 Å². The van der Waals surface area contributed by atoms with Gasteiger partial charge in [0.1, 0.15) is 0 Å². The molecule has 0 saturated carbocycles. The van der Waals surface area contributed by atoms with E-state index in [1.165, 1.54) is 18.4 Å². The molecule has 1 heterocycles. The minimum Gasteiger partial charge on any atom is -0.356 e. The average molecular weight is 316 g/mol.